The minimum absolute atomic E-state index is 0.0471. The molecule has 39 heavy (non-hydrogen) atoms. The van der Waals surface area contributed by atoms with Crippen molar-refractivity contribution in [3.63, 3.8) is 0 Å². The third-order valence-corrected chi connectivity index (χ3v) is 8.59. The van der Waals surface area contributed by atoms with Gasteiger partial charge in [-0.2, -0.15) is 17.9 Å². The Morgan fingerprint density at radius 1 is 1.26 bits per heavy atom. The van der Waals surface area contributed by atoms with Crippen LogP contribution in [0, 0.1) is 5.41 Å². The summed E-state index contributed by atoms with van der Waals surface area (Å²) in [5.41, 5.74) is 7.66. The summed E-state index contributed by atoms with van der Waals surface area (Å²) in [5.74, 6) is -3.08. The van der Waals surface area contributed by atoms with Gasteiger partial charge in [-0.15, -0.1) is 11.3 Å². The number of alkyl halides is 3. The van der Waals surface area contributed by atoms with Crippen LogP contribution in [-0.4, -0.2) is 59.9 Å². The molecular weight excluding hydrogens is 583 g/mol. The molecule has 208 valence electrons. The molecule has 0 saturated carbocycles. The molecule has 1 aliphatic heterocycles. The van der Waals surface area contributed by atoms with Crippen LogP contribution in [0.4, 0.5) is 13.2 Å². The summed E-state index contributed by atoms with van der Waals surface area (Å²) in [7, 11) is -3.87. The predicted molar refractivity (Wildman–Crippen MR) is 138 cm³/mol. The molecule has 2 aromatic heterocycles. The van der Waals surface area contributed by atoms with E-state index in [0.29, 0.717) is 35.0 Å². The number of amides is 1. The molecular formula is C23H21ClF3N5O5S2. The van der Waals surface area contributed by atoms with Crippen LogP contribution in [0.25, 0.3) is 10.4 Å². The minimum atomic E-state index is -5.08. The highest BCUT2D eigenvalue weighted by Gasteiger charge is 2.38. The number of halogens is 4. The van der Waals surface area contributed by atoms with Crippen molar-refractivity contribution in [2.24, 2.45) is 5.73 Å². The monoisotopic (exact) mass is 603 g/mol. The van der Waals surface area contributed by atoms with E-state index in [1.807, 2.05) is 6.07 Å². The number of pyridine rings is 1. The van der Waals surface area contributed by atoms with Gasteiger partial charge in [0.15, 0.2) is 0 Å². The van der Waals surface area contributed by atoms with Gasteiger partial charge in [0, 0.05) is 41.5 Å². The van der Waals surface area contributed by atoms with E-state index in [-0.39, 0.29) is 16.0 Å². The number of sulfonamides is 1. The number of nitrogens with two attached hydrogens (primary N) is 1. The summed E-state index contributed by atoms with van der Waals surface area (Å²) in [6.45, 7) is 0.753. The molecule has 0 spiro atoms. The average Bonchev–Trinajstić information content (AvgIpc) is 3.48. The molecule has 1 amide bonds. The van der Waals surface area contributed by atoms with Crippen LogP contribution in [0.2, 0.25) is 5.02 Å². The van der Waals surface area contributed by atoms with E-state index < -0.39 is 28.2 Å². The van der Waals surface area contributed by atoms with Gasteiger partial charge >= 0.3 is 12.1 Å². The number of amidine groups is 1. The number of thiophene rings is 1. The summed E-state index contributed by atoms with van der Waals surface area (Å²) < 4.78 is 60.2. The van der Waals surface area contributed by atoms with Crippen LogP contribution < -0.4 is 10.5 Å². The summed E-state index contributed by atoms with van der Waals surface area (Å²) in [5, 5.41) is 15.1. The van der Waals surface area contributed by atoms with Crippen molar-refractivity contribution in [2.45, 2.75) is 29.4 Å². The Morgan fingerprint density at radius 2 is 1.95 bits per heavy atom. The van der Waals surface area contributed by atoms with E-state index in [2.05, 4.69) is 9.71 Å². The standard InChI is InChI=1S/C21H20ClN5O3S2.C2HF3O2/c22-16-9-15(10-25-11-16)18-4-5-19(31-18)32(29,30)26-17-6-7-27(21(17)28)12-13-2-1-3-14(8-13)20(23)24;3-2(4,5)1(6)7/h1-5,8-11,17,26H,6-7,12H2,(H3,23,24);(H,6,7). The quantitative estimate of drug-likeness (QED) is 0.237. The first-order chi connectivity index (χ1) is 18.2. The van der Waals surface area contributed by atoms with Crippen LogP contribution in [0.5, 0.6) is 0 Å². The summed E-state index contributed by atoms with van der Waals surface area (Å²) in [6.07, 6.45) is -1.59. The van der Waals surface area contributed by atoms with Crippen molar-refractivity contribution in [3.8, 4) is 10.4 Å². The molecule has 0 aliphatic carbocycles. The summed E-state index contributed by atoms with van der Waals surface area (Å²) in [4.78, 5) is 28.0. The number of nitrogens with one attached hydrogen (secondary N) is 2. The highest BCUT2D eigenvalue weighted by atomic mass is 35.5. The van der Waals surface area contributed by atoms with Crippen molar-refractivity contribution in [1.82, 2.24) is 14.6 Å². The first-order valence-corrected chi connectivity index (χ1v) is 13.6. The molecule has 1 saturated heterocycles. The number of carbonyl (C=O) groups excluding carboxylic acids is 1. The lowest BCUT2D eigenvalue weighted by molar-refractivity contribution is -0.192. The van der Waals surface area contributed by atoms with Crippen molar-refractivity contribution < 1.29 is 36.3 Å². The maximum Gasteiger partial charge on any atom is 0.490 e. The molecule has 4 rings (SSSR count). The van der Waals surface area contributed by atoms with E-state index in [0.717, 1.165) is 22.5 Å². The molecule has 3 aromatic rings. The molecule has 1 fully saturated rings. The number of nitrogen functional groups attached to an aromatic ring is 1. The van der Waals surface area contributed by atoms with Crippen molar-refractivity contribution in [3.05, 3.63) is 71.0 Å². The fraction of sp³-hybridized carbons (Fsp3) is 0.217. The Balaban J connectivity index is 0.000000532. The summed E-state index contributed by atoms with van der Waals surface area (Å²) >= 11 is 7.06. The third kappa shape index (κ3) is 7.98. The molecule has 16 heteroatoms. The van der Waals surface area contributed by atoms with Gasteiger partial charge in [-0.1, -0.05) is 29.8 Å². The Hall–Kier alpha value is -3.53. The van der Waals surface area contributed by atoms with Crippen LogP contribution in [0.15, 0.2) is 59.1 Å². The average molecular weight is 604 g/mol. The minimum Gasteiger partial charge on any atom is -0.475 e. The molecule has 5 N–H and O–H groups in total. The number of likely N-dealkylation sites (tertiary alicyclic amines) is 1. The van der Waals surface area contributed by atoms with E-state index in [9.17, 15) is 26.4 Å². The van der Waals surface area contributed by atoms with E-state index in [4.69, 9.17) is 32.6 Å². The van der Waals surface area contributed by atoms with E-state index >= 15 is 0 Å². The second-order valence-electron chi connectivity index (χ2n) is 8.15. The Kier molecular flexibility index (Phi) is 9.32. The number of carboxylic acids is 1. The van der Waals surface area contributed by atoms with E-state index in [1.54, 1.807) is 41.4 Å². The van der Waals surface area contributed by atoms with Gasteiger partial charge in [0.25, 0.3) is 10.0 Å². The first kappa shape index (κ1) is 30.0. The maximum atomic E-state index is 12.9. The van der Waals surface area contributed by atoms with E-state index in [1.165, 1.54) is 12.3 Å². The van der Waals surface area contributed by atoms with Crippen LogP contribution >= 0.6 is 22.9 Å². The van der Waals surface area contributed by atoms with Gasteiger partial charge in [-0.05, 0) is 36.2 Å². The smallest absolute Gasteiger partial charge is 0.475 e. The first-order valence-electron chi connectivity index (χ1n) is 10.9. The van der Waals surface area contributed by atoms with Crippen molar-refractivity contribution in [2.75, 3.05) is 6.54 Å². The highest BCUT2D eigenvalue weighted by Crippen LogP contribution is 2.32. The zero-order valence-electron chi connectivity index (χ0n) is 19.8. The number of aliphatic carboxylic acids is 1. The van der Waals surface area contributed by atoms with Crippen LogP contribution in [0.1, 0.15) is 17.5 Å². The number of rotatable bonds is 7. The highest BCUT2D eigenvalue weighted by molar-refractivity contribution is 7.91. The Bertz CT molecular complexity index is 1500. The lowest BCUT2D eigenvalue weighted by atomic mass is 10.1. The number of carbonyl (C=O) groups is 2. The molecule has 0 radical (unpaired) electrons. The summed E-state index contributed by atoms with van der Waals surface area (Å²) in [6, 6.07) is 11.2. The Labute approximate surface area is 229 Å². The third-order valence-electron chi connectivity index (χ3n) is 5.28. The number of hydrogen-bond donors (Lipinski definition) is 4. The fourth-order valence-electron chi connectivity index (χ4n) is 3.47. The zero-order chi connectivity index (χ0) is 29.0. The molecule has 3 heterocycles. The zero-order valence-corrected chi connectivity index (χ0v) is 22.2. The van der Waals surface area contributed by atoms with Gasteiger partial charge in [0.1, 0.15) is 16.1 Å². The number of aromatic nitrogens is 1. The van der Waals surface area contributed by atoms with Crippen LogP contribution in [0.3, 0.4) is 0 Å². The largest absolute Gasteiger partial charge is 0.490 e. The number of benzene rings is 1. The molecule has 1 aromatic carbocycles. The van der Waals surface area contributed by atoms with Crippen molar-refractivity contribution >= 4 is 50.7 Å². The van der Waals surface area contributed by atoms with Gasteiger partial charge < -0.3 is 15.7 Å². The SMILES string of the molecule is N=C(N)c1cccc(CN2CCC(NS(=O)(=O)c3ccc(-c4cncc(Cl)c4)s3)C2=O)c1.O=C(O)C(F)(F)F. The number of hydrogen-bond acceptors (Lipinski definition) is 7. The normalized spacial score (nSPS) is 15.5. The number of carboxylic acid groups (broad SMARTS) is 1. The second kappa shape index (κ2) is 12.1. The topological polar surface area (TPSA) is 167 Å². The predicted octanol–water partition coefficient (Wildman–Crippen LogP) is 3.46. The second-order valence-corrected chi connectivity index (χ2v) is 11.6. The van der Waals surface area contributed by atoms with Gasteiger partial charge in [0.2, 0.25) is 5.91 Å². The van der Waals surface area contributed by atoms with Crippen LogP contribution in [-0.2, 0) is 26.2 Å². The molecule has 1 aliphatic rings. The fourth-order valence-corrected chi connectivity index (χ4v) is 6.18. The van der Waals surface area contributed by atoms with Gasteiger partial charge in [0.05, 0.1) is 5.02 Å². The Morgan fingerprint density at radius 3 is 2.56 bits per heavy atom. The molecule has 10 nitrogen and oxygen atoms in total. The maximum absolute atomic E-state index is 12.9. The number of nitrogens with zero attached hydrogens (tertiary/aromatic N) is 2. The lowest BCUT2D eigenvalue weighted by Crippen LogP contribution is -2.41. The molecule has 1 unspecified atom stereocenters. The van der Waals surface area contributed by atoms with Gasteiger partial charge in [-0.3, -0.25) is 15.2 Å². The lowest BCUT2D eigenvalue weighted by Gasteiger charge is -2.17. The molecule has 0 bridgehead atoms. The van der Waals surface area contributed by atoms with Crippen molar-refractivity contribution in [1.29, 1.82) is 5.41 Å². The van der Waals surface area contributed by atoms with Gasteiger partial charge in [-0.25, -0.2) is 13.2 Å². The molecule has 1 atom stereocenters.